The quantitative estimate of drug-likeness (QED) is 0.483. The second-order valence-electron chi connectivity index (χ2n) is 4.34. The third-order valence-corrected chi connectivity index (χ3v) is 2.77. The van der Waals surface area contributed by atoms with Crippen molar-refractivity contribution in [2.45, 2.75) is 33.6 Å². The van der Waals surface area contributed by atoms with E-state index in [1.54, 1.807) is 0 Å². The normalized spacial score (nSPS) is 11.3. The molecule has 0 saturated heterocycles. The topological polar surface area (TPSA) is 33.7 Å². The zero-order chi connectivity index (χ0) is 13.5. The van der Waals surface area contributed by atoms with Crippen LogP contribution in [-0.4, -0.2) is 64.1 Å². The van der Waals surface area contributed by atoms with Gasteiger partial charge in [-0.25, -0.2) is 0 Å². The number of nitrogens with one attached hydrogen (secondary N) is 1. The fourth-order valence-corrected chi connectivity index (χ4v) is 1.74. The molecule has 18 heavy (non-hydrogen) atoms. The molecule has 0 aromatic rings. The molecule has 0 heterocycles. The lowest BCUT2D eigenvalue weighted by molar-refractivity contribution is 0.0823. The summed E-state index contributed by atoms with van der Waals surface area (Å²) in [4.78, 5) is 2.43. The predicted molar refractivity (Wildman–Crippen MR) is 77.2 cm³/mol. The van der Waals surface area contributed by atoms with E-state index in [4.69, 9.17) is 9.47 Å². The van der Waals surface area contributed by atoms with Crippen LogP contribution in [0.15, 0.2) is 0 Å². The van der Waals surface area contributed by atoms with E-state index < -0.39 is 0 Å². The standard InChI is InChI=1S/C14H32N2O2/c1-4-8-15-9-7-10-16(11-13-17-5-2)12-14-18-6-3/h15H,4-14H2,1-3H3. The molecule has 0 spiro atoms. The van der Waals surface area contributed by atoms with Gasteiger partial charge in [-0.1, -0.05) is 6.92 Å². The molecule has 0 atom stereocenters. The zero-order valence-electron chi connectivity index (χ0n) is 12.5. The predicted octanol–water partition coefficient (Wildman–Crippen LogP) is 1.75. The van der Waals surface area contributed by atoms with E-state index in [2.05, 4.69) is 17.1 Å². The molecular formula is C14H32N2O2. The van der Waals surface area contributed by atoms with Gasteiger partial charge in [-0.2, -0.15) is 0 Å². The van der Waals surface area contributed by atoms with Crippen molar-refractivity contribution in [1.82, 2.24) is 10.2 Å². The Kier molecular flexibility index (Phi) is 14.8. The highest BCUT2D eigenvalue weighted by molar-refractivity contribution is 4.59. The van der Waals surface area contributed by atoms with E-state index in [9.17, 15) is 0 Å². The number of hydrogen-bond acceptors (Lipinski definition) is 4. The second kappa shape index (κ2) is 14.9. The molecule has 1 N–H and O–H groups in total. The van der Waals surface area contributed by atoms with Crippen molar-refractivity contribution in [3.05, 3.63) is 0 Å². The average molecular weight is 260 g/mol. The van der Waals surface area contributed by atoms with E-state index in [0.717, 1.165) is 59.2 Å². The first kappa shape index (κ1) is 17.8. The van der Waals surface area contributed by atoms with Crippen LogP contribution in [0.3, 0.4) is 0 Å². The van der Waals surface area contributed by atoms with Crippen LogP contribution >= 0.6 is 0 Å². The van der Waals surface area contributed by atoms with E-state index in [0.29, 0.717) is 0 Å². The average Bonchev–Trinajstić information content (AvgIpc) is 2.38. The molecule has 0 radical (unpaired) electrons. The van der Waals surface area contributed by atoms with Gasteiger partial charge in [0.05, 0.1) is 13.2 Å². The Labute approximate surface area is 113 Å². The number of ether oxygens (including phenoxy) is 2. The Hall–Kier alpha value is -0.160. The molecule has 0 aromatic heterocycles. The van der Waals surface area contributed by atoms with Crippen molar-refractivity contribution >= 4 is 0 Å². The largest absolute Gasteiger partial charge is 0.380 e. The fourth-order valence-electron chi connectivity index (χ4n) is 1.74. The van der Waals surface area contributed by atoms with E-state index in [1.165, 1.54) is 12.8 Å². The first-order valence-electron chi connectivity index (χ1n) is 7.43. The summed E-state index contributed by atoms with van der Waals surface area (Å²) in [6, 6.07) is 0. The maximum Gasteiger partial charge on any atom is 0.0593 e. The lowest BCUT2D eigenvalue weighted by atomic mass is 10.3. The second-order valence-corrected chi connectivity index (χ2v) is 4.34. The lowest BCUT2D eigenvalue weighted by Gasteiger charge is -2.22. The Morgan fingerprint density at radius 1 is 0.833 bits per heavy atom. The molecule has 0 unspecified atom stereocenters. The van der Waals surface area contributed by atoms with E-state index in [-0.39, 0.29) is 0 Å². The Morgan fingerprint density at radius 2 is 1.44 bits per heavy atom. The van der Waals surface area contributed by atoms with Gasteiger partial charge in [0.25, 0.3) is 0 Å². The molecule has 0 aliphatic rings. The summed E-state index contributed by atoms with van der Waals surface area (Å²) in [6.07, 6.45) is 2.40. The lowest BCUT2D eigenvalue weighted by Crippen LogP contribution is -2.33. The summed E-state index contributed by atoms with van der Waals surface area (Å²) in [5.74, 6) is 0. The molecule has 0 amide bonds. The molecule has 0 rings (SSSR count). The monoisotopic (exact) mass is 260 g/mol. The van der Waals surface area contributed by atoms with Gasteiger partial charge in [-0.3, -0.25) is 4.90 Å². The van der Waals surface area contributed by atoms with Crippen LogP contribution in [0.5, 0.6) is 0 Å². The Balaban J connectivity index is 3.60. The summed E-state index contributed by atoms with van der Waals surface area (Å²) in [5.41, 5.74) is 0. The van der Waals surface area contributed by atoms with Crippen molar-refractivity contribution in [3.8, 4) is 0 Å². The molecule has 0 fully saturated rings. The van der Waals surface area contributed by atoms with E-state index in [1.807, 2.05) is 13.8 Å². The van der Waals surface area contributed by atoms with Gasteiger partial charge in [-0.15, -0.1) is 0 Å². The molecule has 0 aliphatic heterocycles. The van der Waals surface area contributed by atoms with E-state index >= 15 is 0 Å². The van der Waals surface area contributed by atoms with Crippen LogP contribution in [0.4, 0.5) is 0 Å². The molecule has 4 heteroatoms. The summed E-state index contributed by atoms with van der Waals surface area (Å²) in [5, 5.41) is 3.44. The van der Waals surface area contributed by atoms with Gasteiger partial charge in [0.2, 0.25) is 0 Å². The highest BCUT2D eigenvalue weighted by Crippen LogP contribution is 1.93. The third-order valence-electron chi connectivity index (χ3n) is 2.77. The minimum absolute atomic E-state index is 0.803. The number of nitrogens with zero attached hydrogens (tertiary/aromatic N) is 1. The maximum absolute atomic E-state index is 5.42. The Bertz CT molecular complexity index is 147. The molecule has 4 nitrogen and oxygen atoms in total. The summed E-state index contributed by atoms with van der Waals surface area (Å²) < 4.78 is 10.8. The van der Waals surface area contributed by atoms with Crippen molar-refractivity contribution in [3.63, 3.8) is 0 Å². The van der Waals surface area contributed by atoms with Crippen molar-refractivity contribution in [2.24, 2.45) is 0 Å². The molecule has 0 bridgehead atoms. The van der Waals surface area contributed by atoms with Gasteiger partial charge in [0, 0.05) is 26.3 Å². The number of rotatable bonds is 14. The van der Waals surface area contributed by atoms with Gasteiger partial charge in [0.15, 0.2) is 0 Å². The molecule has 0 saturated carbocycles. The first-order chi connectivity index (χ1) is 8.85. The van der Waals surface area contributed by atoms with Crippen molar-refractivity contribution < 1.29 is 9.47 Å². The highest BCUT2D eigenvalue weighted by Gasteiger charge is 2.04. The zero-order valence-corrected chi connectivity index (χ0v) is 12.5. The summed E-state index contributed by atoms with van der Waals surface area (Å²) in [6.45, 7) is 14.9. The van der Waals surface area contributed by atoms with Gasteiger partial charge in [0.1, 0.15) is 0 Å². The first-order valence-corrected chi connectivity index (χ1v) is 7.43. The van der Waals surface area contributed by atoms with Crippen LogP contribution in [0.2, 0.25) is 0 Å². The van der Waals surface area contributed by atoms with Gasteiger partial charge >= 0.3 is 0 Å². The van der Waals surface area contributed by atoms with Crippen LogP contribution in [0.1, 0.15) is 33.6 Å². The van der Waals surface area contributed by atoms with Crippen molar-refractivity contribution in [1.29, 1.82) is 0 Å². The van der Waals surface area contributed by atoms with Crippen molar-refractivity contribution in [2.75, 3.05) is 59.2 Å². The van der Waals surface area contributed by atoms with Crippen LogP contribution in [0.25, 0.3) is 0 Å². The molecule has 0 aliphatic carbocycles. The highest BCUT2D eigenvalue weighted by atomic mass is 16.5. The Morgan fingerprint density at radius 3 is 1.94 bits per heavy atom. The fraction of sp³-hybridized carbons (Fsp3) is 1.00. The van der Waals surface area contributed by atoms with Gasteiger partial charge < -0.3 is 14.8 Å². The minimum atomic E-state index is 0.803. The smallest absolute Gasteiger partial charge is 0.0593 e. The molecule has 110 valence electrons. The maximum atomic E-state index is 5.42. The van der Waals surface area contributed by atoms with Crippen LogP contribution in [-0.2, 0) is 9.47 Å². The molecular weight excluding hydrogens is 228 g/mol. The summed E-state index contributed by atoms with van der Waals surface area (Å²) in [7, 11) is 0. The minimum Gasteiger partial charge on any atom is -0.380 e. The third kappa shape index (κ3) is 12.3. The number of hydrogen-bond donors (Lipinski definition) is 1. The van der Waals surface area contributed by atoms with Crippen LogP contribution in [0, 0.1) is 0 Å². The van der Waals surface area contributed by atoms with Crippen LogP contribution < -0.4 is 5.32 Å². The molecule has 0 aromatic carbocycles. The van der Waals surface area contributed by atoms with Gasteiger partial charge in [-0.05, 0) is 46.3 Å². The summed E-state index contributed by atoms with van der Waals surface area (Å²) >= 11 is 0. The SMILES string of the molecule is CCCNCCCN(CCOCC)CCOCC.